The number of halogens is 3. The number of H-pyrrole nitrogens is 1. The molecular formula is C9H5BrClFN2. The second-order valence-electron chi connectivity index (χ2n) is 2.71. The van der Waals surface area contributed by atoms with Gasteiger partial charge in [-0.15, -0.1) is 0 Å². The quantitative estimate of drug-likeness (QED) is 0.846. The molecule has 0 radical (unpaired) electrons. The molecule has 0 saturated carbocycles. The van der Waals surface area contributed by atoms with Gasteiger partial charge in [-0.2, -0.15) is 0 Å². The monoisotopic (exact) mass is 274 g/mol. The van der Waals surface area contributed by atoms with Crippen molar-refractivity contribution in [1.29, 1.82) is 0 Å². The molecule has 0 atom stereocenters. The van der Waals surface area contributed by atoms with E-state index in [2.05, 4.69) is 25.9 Å². The van der Waals surface area contributed by atoms with Crippen LogP contribution in [-0.2, 0) is 0 Å². The van der Waals surface area contributed by atoms with Gasteiger partial charge in [-0.1, -0.05) is 11.6 Å². The topological polar surface area (TPSA) is 28.7 Å². The fourth-order valence-electron chi connectivity index (χ4n) is 1.14. The Kier molecular flexibility index (Phi) is 2.56. The minimum absolute atomic E-state index is 0.328. The van der Waals surface area contributed by atoms with E-state index in [1.165, 1.54) is 12.1 Å². The molecule has 14 heavy (non-hydrogen) atoms. The van der Waals surface area contributed by atoms with Gasteiger partial charge in [0.25, 0.3) is 0 Å². The van der Waals surface area contributed by atoms with Gasteiger partial charge in [0.1, 0.15) is 5.82 Å². The first kappa shape index (κ1) is 9.68. The number of aromatic amines is 1. The Morgan fingerprint density at radius 3 is 2.86 bits per heavy atom. The third-order valence-electron chi connectivity index (χ3n) is 1.76. The Balaban J connectivity index is 2.55. The van der Waals surface area contributed by atoms with E-state index < -0.39 is 0 Å². The van der Waals surface area contributed by atoms with Gasteiger partial charge in [-0.05, 0) is 34.1 Å². The maximum absolute atomic E-state index is 13.3. The summed E-state index contributed by atoms with van der Waals surface area (Å²) in [6, 6.07) is 4.38. The standard InChI is InChI=1S/C9H5BrClFN2/c10-9-13-4-8(14-9)6-3-5(11)1-2-7(6)12/h1-4H,(H,13,14). The van der Waals surface area contributed by atoms with Crippen LogP contribution in [0.15, 0.2) is 29.1 Å². The van der Waals surface area contributed by atoms with E-state index in [-0.39, 0.29) is 5.82 Å². The SMILES string of the molecule is Fc1ccc(Cl)cc1-c1cnc(Br)[nH]1. The molecule has 2 aromatic rings. The van der Waals surface area contributed by atoms with Crippen LogP contribution < -0.4 is 0 Å². The Morgan fingerprint density at radius 1 is 1.43 bits per heavy atom. The normalized spacial score (nSPS) is 10.5. The van der Waals surface area contributed by atoms with Gasteiger partial charge in [-0.3, -0.25) is 0 Å². The molecule has 2 nitrogen and oxygen atoms in total. The Labute approximate surface area is 93.3 Å². The smallest absolute Gasteiger partial charge is 0.174 e. The van der Waals surface area contributed by atoms with E-state index in [1.807, 2.05) is 0 Å². The van der Waals surface area contributed by atoms with Gasteiger partial charge < -0.3 is 4.98 Å². The van der Waals surface area contributed by atoms with Crippen LogP contribution in [0.1, 0.15) is 0 Å². The van der Waals surface area contributed by atoms with Crippen LogP contribution in [-0.4, -0.2) is 9.97 Å². The molecule has 1 aromatic carbocycles. The highest BCUT2D eigenvalue weighted by Crippen LogP contribution is 2.25. The summed E-state index contributed by atoms with van der Waals surface area (Å²) in [7, 11) is 0. The van der Waals surface area contributed by atoms with Gasteiger partial charge >= 0.3 is 0 Å². The summed E-state index contributed by atoms with van der Waals surface area (Å²) >= 11 is 8.91. The van der Waals surface area contributed by atoms with Gasteiger partial charge in [-0.25, -0.2) is 9.37 Å². The zero-order valence-electron chi connectivity index (χ0n) is 6.89. The molecule has 0 unspecified atom stereocenters. The van der Waals surface area contributed by atoms with Crippen LogP contribution in [0.3, 0.4) is 0 Å². The molecule has 1 N–H and O–H groups in total. The van der Waals surface area contributed by atoms with E-state index in [0.717, 1.165) is 0 Å². The fourth-order valence-corrected chi connectivity index (χ4v) is 1.63. The number of hydrogen-bond acceptors (Lipinski definition) is 1. The number of imidazole rings is 1. The largest absolute Gasteiger partial charge is 0.332 e. The van der Waals surface area contributed by atoms with Crippen molar-refractivity contribution in [3.05, 3.63) is 40.0 Å². The third kappa shape index (κ3) is 1.81. The van der Waals surface area contributed by atoms with Crippen molar-refractivity contribution in [1.82, 2.24) is 9.97 Å². The van der Waals surface area contributed by atoms with Crippen LogP contribution >= 0.6 is 27.5 Å². The van der Waals surface area contributed by atoms with Gasteiger partial charge in [0.15, 0.2) is 4.73 Å². The van der Waals surface area contributed by atoms with Gasteiger partial charge in [0.2, 0.25) is 0 Å². The van der Waals surface area contributed by atoms with Crippen LogP contribution in [0, 0.1) is 5.82 Å². The van der Waals surface area contributed by atoms with E-state index in [1.54, 1.807) is 12.3 Å². The molecule has 5 heteroatoms. The van der Waals surface area contributed by atoms with Crippen molar-refractivity contribution in [2.75, 3.05) is 0 Å². The fraction of sp³-hybridized carbons (Fsp3) is 0. The molecule has 0 amide bonds. The van der Waals surface area contributed by atoms with Gasteiger partial charge in [0, 0.05) is 10.6 Å². The maximum atomic E-state index is 13.3. The minimum atomic E-state index is -0.328. The number of benzene rings is 1. The second-order valence-corrected chi connectivity index (χ2v) is 3.90. The number of rotatable bonds is 1. The van der Waals surface area contributed by atoms with E-state index in [4.69, 9.17) is 11.6 Å². The molecule has 2 rings (SSSR count). The van der Waals surface area contributed by atoms with Crippen LogP contribution in [0.5, 0.6) is 0 Å². The first-order valence-electron chi connectivity index (χ1n) is 3.83. The molecule has 1 heterocycles. The Bertz CT molecular complexity index is 470. The zero-order valence-corrected chi connectivity index (χ0v) is 9.23. The Hall–Kier alpha value is -0.870. The highest BCUT2D eigenvalue weighted by Gasteiger charge is 2.07. The summed E-state index contributed by atoms with van der Waals surface area (Å²) in [4.78, 5) is 6.78. The molecule has 0 aliphatic rings. The summed E-state index contributed by atoms with van der Waals surface area (Å²) in [6.45, 7) is 0. The van der Waals surface area contributed by atoms with Crippen molar-refractivity contribution in [3.63, 3.8) is 0 Å². The van der Waals surface area contributed by atoms with Crippen molar-refractivity contribution < 1.29 is 4.39 Å². The maximum Gasteiger partial charge on any atom is 0.174 e. The molecular weight excluding hydrogens is 270 g/mol. The number of hydrogen-bond donors (Lipinski definition) is 1. The molecule has 0 bridgehead atoms. The van der Waals surface area contributed by atoms with Crippen molar-refractivity contribution in [3.8, 4) is 11.3 Å². The molecule has 0 aliphatic carbocycles. The summed E-state index contributed by atoms with van der Waals surface area (Å²) in [5, 5.41) is 0.493. The van der Waals surface area contributed by atoms with Crippen molar-refractivity contribution in [2.24, 2.45) is 0 Å². The zero-order chi connectivity index (χ0) is 10.1. The molecule has 1 aromatic heterocycles. The van der Waals surface area contributed by atoms with Crippen molar-refractivity contribution in [2.45, 2.75) is 0 Å². The summed E-state index contributed by atoms with van der Waals surface area (Å²) in [5.74, 6) is -0.328. The third-order valence-corrected chi connectivity index (χ3v) is 2.40. The Morgan fingerprint density at radius 2 is 2.21 bits per heavy atom. The van der Waals surface area contributed by atoms with Crippen LogP contribution in [0.4, 0.5) is 4.39 Å². The average Bonchev–Trinajstić information content (AvgIpc) is 2.56. The first-order chi connectivity index (χ1) is 6.66. The molecule has 0 fully saturated rings. The summed E-state index contributed by atoms with van der Waals surface area (Å²) in [6.07, 6.45) is 1.54. The van der Waals surface area contributed by atoms with Crippen LogP contribution in [0.2, 0.25) is 5.02 Å². The van der Waals surface area contributed by atoms with E-state index >= 15 is 0 Å². The summed E-state index contributed by atoms with van der Waals surface area (Å²) < 4.78 is 13.9. The molecule has 0 aliphatic heterocycles. The highest BCUT2D eigenvalue weighted by molar-refractivity contribution is 9.10. The predicted octanol–water partition coefficient (Wildman–Crippen LogP) is 3.63. The molecule has 0 saturated heterocycles. The number of aromatic nitrogens is 2. The molecule has 72 valence electrons. The lowest BCUT2D eigenvalue weighted by molar-refractivity contribution is 0.631. The van der Waals surface area contributed by atoms with E-state index in [9.17, 15) is 4.39 Å². The van der Waals surface area contributed by atoms with Crippen LogP contribution in [0.25, 0.3) is 11.3 Å². The van der Waals surface area contributed by atoms with Crippen molar-refractivity contribution >= 4 is 27.5 Å². The predicted molar refractivity (Wildman–Crippen MR) is 56.7 cm³/mol. The average molecular weight is 276 g/mol. The minimum Gasteiger partial charge on any atom is -0.332 e. The highest BCUT2D eigenvalue weighted by atomic mass is 79.9. The lowest BCUT2D eigenvalue weighted by Crippen LogP contribution is -1.83. The van der Waals surface area contributed by atoms with Gasteiger partial charge in [0.05, 0.1) is 11.9 Å². The number of nitrogens with zero attached hydrogens (tertiary/aromatic N) is 1. The summed E-state index contributed by atoms with van der Waals surface area (Å²) in [5.41, 5.74) is 1.01. The second kappa shape index (κ2) is 3.71. The first-order valence-corrected chi connectivity index (χ1v) is 5.00. The lowest BCUT2D eigenvalue weighted by atomic mass is 10.1. The lowest BCUT2D eigenvalue weighted by Gasteiger charge is -1.99. The van der Waals surface area contributed by atoms with E-state index in [0.29, 0.717) is 21.0 Å². The molecule has 0 spiro atoms. The number of nitrogens with one attached hydrogen (secondary N) is 1.